The third-order valence-electron chi connectivity index (χ3n) is 2.54. The lowest BCUT2D eigenvalue weighted by Crippen LogP contribution is -2.66. The zero-order valence-corrected chi connectivity index (χ0v) is 6.00. The molecule has 1 N–H and O–H groups in total. The monoisotopic (exact) mass is 141 g/mol. The van der Waals surface area contributed by atoms with E-state index in [0.29, 0.717) is 13.0 Å². The van der Waals surface area contributed by atoms with Crippen LogP contribution in [0.15, 0.2) is 0 Å². The van der Waals surface area contributed by atoms with Gasteiger partial charge in [-0.2, -0.15) is 0 Å². The molecular weight excluding hydrogens is 130 g/mol. The Labute approximate surface area is 59.6 Å². The Bertz CT molecular complexity index is 188. The maximum absolute atomic E-state index is 10.9. The zero-order chi connectivity index (χ0) is 7.35. The van der Waals surface area contributed by atoms with Crippen LogP contribution in [0.5, 0.6) is 0 Å². The van der Waals surface area contributed by atoms with Gasteiger partial charge in [-0.15, -0.1) is 0 Å². The average Bonchev–Trinajstić information content (AvgIpc) is 2.09. The van der Waals surface area contributed by atoms with E-state index < -0.39 is 5.60 Å². The molecule has 0 aromatic rings. The van der Waals surface area contributed by atoms with Gasteiger partial charge < -0.3 is 10.0 Å². The highest BCUT2D eigenvalue weighted by Gasteiger charge is 2.53. The van der Waals surface area contributed by atoms with Crippen molar-refractivity contribution >= 4 is 5.91 Å². The zero-order valence-electron chi connectivity index (χ0n) is 6.00. The van der Waals surface area contributed by atoms with E-state index in [0.717, 1.165) is 6.42 Å². The molecule has 3 heteroatoms. The molecule has 0 unspecified atom stereocenters. The second-order valence-corrected chi connectivity index (χ2v) is 3.43. The van der Waals surface area contributed by atoms with Gasteiger partial charge in [0.05, 0.1) is 18.2 Å². The molecular formula is C7H11NO2. The molecule has 0 aliphatic carbocycles. The first-order valence-electron chi connectivity index (χ1n) is 3.63. The Morgan fingerprint density at radius 2 is 2.50 bits per heavy atom. The van der Waals surface area contributed by atoms with Crippen molar-refractivity contribution in [2.24, 2.45) is 0 Å². The molecule has 1 amide bonds. The Balaban J connectivity index is 2.16. The quantitative estimate of drug-likeness (QED) is 0.505. The van der Waals surface area contributed by atoms with E-state index in [-0.39, 0.29) is 11.9 Å². The number of hydrogen-bond acceptors (Lipinski definition) is 2. The fourth-order valence-corrected chi connectivity index (χ4v) is 1.92. The van der Waals surface area contributed by atoms with E-state index in [9.17, 15) is 9.90 Å². The minimum absolute atomic E-state index is 0.125. The number of nitrogens with zero attached hydrogens (tertiary/aromatic N) is 1. The summed E-state index contributed by atoms with van der Waals surface area (Å²) >= 11 is 0. The van der Waals surface area contributed by atoms with E-state index in [4.69, 9.17) is 0 Å². The van der Waals surface area contributed by atoms with E-state index in [2.05, 4.69) is 0 Å². The smallest absolute Gasteiger partial charge is 0.223 e. The molecule has 0 aromatic heterocycles. The second kappa shape index (κ2) is 1.53. The van der Waals surface area contributed by atoms with Crippen molar-refractivity contribution in [1.29, 1.82) is 0 Å². The van der Waals surface area contributed by atoms with Crippen molar-refractivity contribution in [1.82, 2.24) is 4.90 Å². The van der Waals surface area contributed by atoms with Crippen LogP contribution in [0.1, 0.15) is 19.8 Å². The van der Waals surface area contributed by atoms with Crippen molar-refractivity contribution in [3.8, 4) is 0 Å². The number of amides is 1. The summed E-state index contributed by atoms with van der Waals surface area (Å²) in [6.07, 6.45) is 1.46. The second-order valence-electron chi connectivity index (χ2n) is 3.43. The topological polar surface area (TPSA) is 40.5 Å². The highest BCUT2D eigenvalue weighted by atomic mass is 16.3. The first-order chi connectivity index (χ1) is 4.61. The van der Waals surface area contributed by atoms with Crippen LogP contribution < -0.4 is 0 Å². The average molecular weight is 141 g/mol. The van der Waals surface area contributed by atoms with E-state index in [1.807, 2.05) is 0 Å². The lowest BCUT2D eigenvalue weighted by Gasteiger charge is -2.48. The standard InChI is InChI=1S/C7H11NO2/c1-7(10)4-8-5(7)2-3-6(8)9/h5,10H,2-4H2,1H3/t5-,7-/m0/s1. The van der Waals surface area contributed by atoms with Crippen LogP contribution in [0.2, 0.25) is 0 Å². The summed E-state index contributed by atoms with van der Waals surface area (Å²) in [7, 11) is 0. The summed E-state index contributed by atoms with van der Waals surface area (Å²) in [4.78, 5) is 12.7. The summed E-state index contributed by atoms with van der Waals surface area (Å²) in [5.74, 6) is 0.205. The van der Waals surface area contributed by atoms with E-state index >= 15 is 0 Å². The Kier molecular flexibility index (Phi) is 0.944. The van der Waals surface area contributed by atoms with Gasteiger partial charge in [-0.25, -0.2) is 0 Å². The molecule has 2 aliphatic rings. The third-order valence-corrected chi connectivity index (χ3v) is 2.54. The van der Waals surface area contributed by atoms with Gasteiger partial charge in [0.15, 0.2) is 0 Å². The van der Waals surface area contributed by atoms with Crippen molar-refractivity contribution < 1.29 is 9.90 Å². The summed E-state index contributed by atoms with van der Waals surface area (Å²) in [5.41, 5.74) is -0.591. The predicted octanol–water partition coefficient (Wildman–Crippen LogP) is -0.258. The van der Waals surface area contributed by atoms with Crippen LogP contribution in [-0.2, 0) is 4.79 Å². The van der Waals surface area contributed by atoms with Crippen molar-refractivity contribution in [3.63, 3.8) is 0 Å². The fraction of sp³-hybridized carbons (Fsp3) is 0.857. The lowest BCUT2D eigenvalue weighted by atomic mass is 9.86. The molecule has 2 rings (SSSR count). The third kappa shape index (κ3) is 0.560. The number of carbonyl (C=O) groups is 1. The Hall–Kier alpha value is -0.570. The van der Waals surface area contributed by atoms with Crippen LogP contribution in [0.25, 0.3) is 0 Å². The van der Waals surface area contributed by atoms with Gasteiger partial charge in [0, 0.05) is 6.42 Å². The summed E-state index contributed by atoms with van der Waals surface area (Å²) in [6.45, 7) is 2.34. The van der Waals surface area contributed by atoms with Crippen molar-refractivity contribution in [2.45, 2.75) is 31.4 Å². The molecule has 2 fully saturated rings. The molecule has 0 bridgehead atoms. The normalized spacial score (nSPS) is 45.2. The SMILES string of the molecule is C[C@]1(O)CN2C(=O)CC[C@H]21. The largest absolute Gasteiger partial charge is 0.386 e. The molecule has 0 radical (unpaired) electrons. The number of fused-ring (bicyclic) bond motifs is 1. The first-order valence-corrected chi connectivity index (χ1v) is 3.63. The molecule has 2 saturated heterocycles. The Morgan fingerprint density at radius 1 is 1.80 bits per heavy atom. The minimum Gasteiger partial charge on any atom is -0.386 e. The first kappa shape index (κ1) is 6.16. The highest BCUT2D eigenvalue weighted by Crippen LogP contribution is 2.37. The highest BCUT2D eigenvalue weighted by molar-refractivity contribution is 5.80. The molecule has 2 heterocycles. The van der Waals surface area contributed by atoms with Crippen LogP contribution in [0.3, 0.4) is 0 Å². The molecule has 0 spiro atoms. The van der Waals surface area contributed by atoms with E-state index in [1.54, 1.807) is 11.8 Å². The molecule has 56 valence electrons. The molecule has 3 nitrogen and oxygen atoms in total. The maximum atomic E-state index is 10.9. The summed E-state index contributed by atoms with van der Waals surface area (Å²) in [5, 5.41) is 9.51. The number of rotatable bonds is 0. The Morgan fingerprint density at radius 3 is 2.90 bits per heavy atom. The number of aliphatic hydroxyl groups is 1. The predicted molar refractivity (Wildman–Crippen MR) is 35.4 cm³/mol. The van der Waals surface area contributed by atoms with Gasteiger partial charge in [0.1, 0.15) is 0 Å². The lowest BCUT2D eigenvalue weighted by molar-refractivity contribution is -0.157. The van der Waals surface area contributed by atoms with Gasteiger partial charge in [0.2, 0.25) is 5.91 Å². The van der Waals surface area contributed by atoms with Crippen molar-refractivity contribution in [2.75, 3.05) is 6.54 Å². The van der Waals surface area contributed by atoms with Crippen LogP contribution in [0.4, 0.5) is 0 Å². The van der Waals surface area contributed by atoms with Crippen LogP contribution in [-0.4, -0.2) is 34.1 Å². The molecule has 10 heavy (non-hydrogen) atoms. The fourth-order valence-electron chi connectivity index (χ4n) is 1.92. The minimum atomic E-state index is -0.591. The molecule has 2 atom stereocenters. The molecule has 2 aliphatic heterocycles. The summed E-state index contributed by atoms with van der Waals surface area (Å²) in [6, 6.07) is 0.125. The van der Waals surface area contributed by atoms with Crippen LogP contribution >= 0.6 is 0 Å². The molecule has 0 saturated carbocycles. The van der Waals surface area contributed by atoms with Crippen molar-refractivity contribution in [3.05, 3.63) is 0 Å². The van der Waals surface area contributed by atoms with Gasteiger partial charge >= 0.3 is 0 Å². The number of hydrogen-bond donors (Lipinski definition) is 1. The molecule has 0 aromatic carbocycles. The summed E-state index contributed by atoms with van der Waals surface area (Å²) < 4.78 is 0. The van der Waals surface area contributed by atoms with Gasteiger partial charge in [-0.1, -0.05) is 0 Å². The van der Waals surface area contributed by atoms with Crippen LogP contribution in [0, 0.1) is 0 Å². The van der Waals surface area contributed by atoms with E-state index in [1.165, 1.54) is 0 Å². The number of carbonyl (C=O) groups excluding carboxylic acids is 1. The van der Waals surface area contributed by atoms with Gasteiger partial charge in [0.25, 0.3) is 0 Å². The maximum Gasteiger partial charge on any atom is 0.223 e. The van der Waals surface area contributed by atoms with Gasteiger partial charge in [-0.3, -0.25) is 4.79 Å². The van der Waals surface area contributed by atoms with Gasteiger partial charge in [-0.05, 0) is 13.3 Å².